The van der Waals surface area contributed by atoms with Crippen LogP contribution in [0.1, 0.15) is 35.8 Å². The van der Waals surface area contributed by atoms with Crippen LogP contribution < -0.4 is 10.6 Å². The second-order valence-corrected chi connectivity index (χ2v) is 5.59. The Hall–Kier alpha value is -2.01. The predicted molar refractivity (Wildman–Crippen MR) is 83.9 cm³/mol. The molecule has 0 atom stereocenters. The molecule has 0 spiro atoms. The Bertz CT molecular complexity index is 620. The number of nitrogens with zero attached hydrogens (tertiary/aromatic N) is 3. The summed E-state index contributed by atoms with van der Waals surface area (Å²) in [7, 11) is 0. The van der Waals surface area contributed by atoms with Gasteiger partial charge in [0, 0.05) is 23.9 Å². The Balaban J connectivity index is 1.83. The molecule has 110 valence electrons. The lowest BCUT2D eigenvalue weighted by atomic mass is 9.94. The first-order valence-corrected chi connectivity index (χ1v) is 7.47. The van der Waals surface area contributed by atoms with Gasteiger partial charge in [0.15, 0.2) is 0 Å². The van der Waals surface area contributed by atoms with Crippen molar-refractivity contribution in [2.45, 2.75) is 32.6 Å². The van der Waals surface area contributed by atoms with E-state index in [2.05, 4.69) is 38.6 Å². The van der Waals surface area contributed by atoms with Crippen LogP contribution in [0.5, 0.6) is 0 Å². The number of rotatable bonds is 3. The van der Waals surface area contributed by atoms with E-state index in [1.165, 1.54) is 5.56 Å². The van der Waals surface area contributed by atoms with Crippen molar-refractivity contribution >= 4 is 11.6 Å². The summed E-state index contributed by atoms with van der Waals surface area (Å²) in [6, 6.07) is 6.06. The minimum Gasteiger partial charge on any atom is -0.325 e. The van der Waals surface area contributed by atoms with Crippen molar-refractivity contribution in [1.29, 1.82) is 0 Å². The van der Waals surface area contributed by atoms with E-state index in [-0.39, 0.29) is 0 Å². The van der Waals surface area contributed by atoms with Crippen molar-refractivity contribution in [2.75, 3.05) is 18.4 Å². The topological polar surface area (TPSA) is 62.7 Å². The lowest BCUT2D eigenvalue weighted by Gasteiger charge is -2.22. The quantitative estimate of drug-likeness (QED) is 0.907. The number of aryl methyl sites for hydroxylation is 2. The highest BCUT2D eigenvalue weighted by Gasteiger charge is 2.17. The summed E-state index contributed by atoms with van der Waals surface area (Å²) in [5, 5.41) is 6.68. The van der Waals surface area contributed by atoms with Crippen LogP contribution in [0.4, 0.5) is 11.6 Å². The predicted octanol–water partition coefficient (Wildman–Crippen LogP) is 2.70. The van der Waals surface area contributed by atoms with Gasteiger partial charge in [-0.1, -0.05) is 0 Å². The summed E-state index contributed by atoms with van der Waals surface area (Å²) < 4.78 is 0. The lowest BCUT2D eigenvalue weighted by molar-refractivity contribution is 0.452. The molecule has 3 heterocycles. The molecule has 5 nitrogen and oxygen atoms in total. The second-order valence-electron chi connectivity index (χ2n) is 5.59. The van der Waals surface area contributed by atoms with E-state index in [0.29, 0.717) is 5.92 Å². The van der Waals surface area contributed by atoms with Crippen LogP contribution in [0.2, 0.25) is 0 Å². The summed E-state index contributed by atoms with van der Waals surface area (Å²) in [5.74, 6) is 2.98. The van der Waals surface area contributed by atoms with Crippen molar-refractivity contribution < 1.29 is 0 Å². The Kier molecular flexibility index (Phi) is 4.10. The van der Waals surface area contributed by atoms with Gasteiger partial charge in [0.25, 0.3) is 0 Å². The number of aromatic nitrogens is 3. The van der Waals surface area contributed by atoms with Gasteiger partial charge in [0.2, 0.25) is 0 Å². The first-order valence-electron chi connectivity index (χ1n) is 7.47. The molecule has 5 heteroatoms. The SMILES string of the molecule is Cc1ccnc(Nc2cc(C3CCNCC3)nc(C)n2)c1. The molecule has 0 saturated carbocycles. The molecule has 0 bridgehead atoms. The van der Waals surface area contributed by atoms with E-state index in [9.17, 15) is 0 Å². The second kappa shape index (κ2) is 6.18. The Morgan fingerprint density at radius 2 is 1.90 bits per heavy atom. The van der Waals surface area contributed by atoms with E-state index in [1.54, 1.807) is 6.20 Å². The van der Waals surface area contributed by atoms with Crippen LogP contribution in [0.3, 0.4) is 0 Å². The van der Waals surface area contributed by atoms with Gasteiger partial charge in [-0.25, -0.2) is 15.0 Å². The van der Waals surface area contributed by atoms with E-state index in [0.717, 1.165) is 49.1 Å². The van der Waals surface area contributed by atoms with Gasteiger partial charge in [-0.05, 0) is 57.5 Å². The number of piperidine rings is 1. The van der Waals surface area contributed by atoms with Crippen molar-refractivity contribution in [3.8, 4) is 0 Å². The molecule has 3 rings (SSSR count). The van der Waals surface area contributed by atoms with E-state index in [1.807, 2.05) is 19.1 Å². The Labute approximate surface area is 125 Å². The van der Waals surface area contributed by atoms with Gasteiger partial charge in [-0.3, -0.25) is 0 Å². The van der Waals surface area contributed by atoms with E-state index < -0.39 is 0 Å². The standard InChI is InChI=1S/C16H21N5/c1-11-3-8-18-15(9-11)21-16-10-14(19-12(2)20-16)13-4-6-17-7-5-13/h3,8-10,13,17H,4-7H2,1-2H3,(H,18,19,20,21). The first kappa shape index (κ1) is 13.9. The highest BCUT2D eigenvalue weighted by molar-refractivity contribution is 5.52. The van der Waals surface area contributed by atoms with E-state index >= 15 is 0 Å². The van der Waals surface area contributed by atoms with Gasteiger partial charge >= 0.3 is 0 Å². The molecule has 2 aromatic heterocycles. The van der Waals surface area contributed by atoms with Crippen LogP contribution in [0, 0.1) is 13.8 Å². The molecule has 1 saturated heterocycles. The summed E-state index contributed by atoms with van der Waals surface area (Å²) in [6.07, 6.45) is 4.08. The van der Waals surface area contributed by atoms with Gasteiger partial charge in [-0.15, -0.1) is 0 Å². The number of pyridine rings is 1. The molecule has 2 N–H and O–H groups in total. The molecule has 1 fully saturated rings. The zero-order valence-electron chi connectivity index (χ0n) is 12.6. The van der Waals surface area contributed by atoms with Crippen LogP contribution in [-0.2, 0) is 0 Å². The maximum atomic E-state index is 4.62. The fraction of sp³-hybridized carbons (Fsp3) is 0.438. The minimum absolute atomic E-state index is 0.527. The number of hydrogen-bond acceptors (Lipinski definition) is 5. The number of anilines is 2. The van der Waals surface area contributed by atoms with Crippen LogP contribution in [-0.4, -0.2) is 28.0 Å². The van der Waals surface area contributed by atoms with Crippen molar-refractivity contribution in [3.63, 3.8) is 0 Å². The molecule has 1 aliphatic heterocycles. The smallest absolute Gasteiger partial charge is 0.135 e. The third-order valence-electron chi connectivity index (χ3n) is 3.79. The summed E-state index contributed by atoms with van der Waals surface area (Å²) in [5.41, 5.74) is 2.32. The fourth-order valence-corrected chi connectivity index (χ4v) is 2.72. The van der Waals surface area contributed by atoms with Gasteiger partial charge < -0.3 is 10.6 Å². The third kappa shape index (κ3) is 3.55. The summed E-state index contributed by atoms with van der Waals surface area (Å²) in [4.78, 5) is 13.4. The molecule has 1 aliphatic rings. The highest BCUT2D eigenvalue weighted by atomic mass is 15.1. The third-order valence-corrected chi connectivity index (χ3v) is 3.79. The van der Waals surface area contributed by atoms with E-state index in [4.69, 9.17) is 0 Å². The fourth-order valence-electron chi connectivity index (χ4n) is 2.72. The Morgan fingerprint density at radius 3 is 2.67 bits per heavy atom. The molecular formula is C16H21N5. The number of hydrogen-bond donors (Lipinski definition) is 2. The van der Waals surface area contributed by atoms with Gasteiger partial charge in [-0.2, -0.15) is 0 Å². The minimum atomic E-state index is 0.527. The molecule has 0 aliphatic carbocycles. The van der Waals surface area contributed by atoms with Crippen LogP contribution in [0.15, 0.2) is 24.4 Å². The van der Waals surface area contributed by atoms with Crippen LogP contribution in [0.25, 0.3) is 0 Å². The van der Waals surface area contributed by atoms with Crippen molar-refractivity contribution in [2.24, 2.45) is 0 Å². The summed E-state index contributed by atoms with van der Waals surface area (Å²) in [6.45, 7) is 6.13. The maximum absolute atomic E-state index is 4.62. The largest absolute Gasteiger partial charge is 0.325 e. The molecule has 0 unspecified atom stereocenters. The summed E-state index contributed by atoms with van der Waals surface area (Å²) >= 11 is 0. The molecule has 0 aromatic carbocycles. The normalized spacial score (nSPS) is 15.9. The zero-order chi connectivity index (χ0) is 14.7. The Morgan fingerprint density at radius 1 is 1.10 bits per heavy atom. The average molecular weight is 283 g/mol. The van der Waals surface area contributed by atoms with Crippen molar-refractivity contribution in [1.82, 2.24) is 20.3 Å². The molecular weight excluding hydrogens is 262 g/mol. The molecule has 21 heavy (non-hydrogen) atoms. The van der Waals surface area contributed by atoms with Gasteiger partial charge in [0.05, 0.1) is 0 Å². The molecule has 0 radical (unpaired) electrons. The van der Waals surface area contributed by atoms with Crippen LogP contribution >= 0.6 is 0 Å². The number of nitrogens with one attached hydrogen (secondary N) is 2. The monoisotopic (exact) mass is 283 g/mol. The first-order chi connectivity index (χ1) is 10.2. The molecule has 0 amide bonds. The maximum Gasteiger partial charge on any atom is 0.135 e. The van der Waals surface area contributed by atoms with Gasteiger partial charge in [0.1, 0.15) is 17.5 Å². The zero-order valence-corrected chi connectivity index (χ0v) is 12.6. The van der Waals surface area contributed by atoms with Crippen molar-refractivity contribution in [3.05, 3.63) is 41.5 Å². The lowest BCUT2D eigenvalue weighted by Crippen LogP contribution is -2.27. The highest BCUT2D eigenvalue weighted by Crippen LogP contribution is 2.25. The molecule has 2 aromatic rings. The average Bonchev–Trinajstić information content (AvgIpc) is 2.47.